The van der Waals surface area contributed by atoms with E-state index in [9.17, 15) is 9.59 Å². The van der Waals surface area contributed by atoms with E-state index in [1.807, 2.05) is 18.4 Å². The summed E-state index contributed by atoms with van der Waals surface area (Å²) in [5, 5.41) is 7.41. The van der Waals surface area contributed by atoms with Gasteiger partial charge in [0.25, 0.3) is 0 Å². The first-order valence-corrected chi connectivity index (χ1v) is 7.86. The summed E-state index contributed by atoms with van der Waals surface area (Å²) in [4.78, 5) is 24.3. The highest BCUT2D eigenvalue weighted by Gasteiger charge is 2.08. The van der Waals surface area contributed by atoms with Crippen LogP contribution in [0.4, 0.5) is 11.4 Å². The maximum atomic E-state index is 12.1. The van der Waals surface area contributed by atoms with Crippen LogP contribution in [0.15, 0.2) is 35.7 Å². The zero-order chi connectivity index (χ0) is 16.8. The summed E-state index contributed by atoms with van der Waals surface area (Å²) in [6, 6.07) is 7.05. The number of thiophene rings is 1. The highest BCUT2D eigenvalue weighted by molar-refractivity contribution is 7.11. The van der Waals surface area contributed by atoms with Crippen molar-refractivity contribution >= 4 is 40.6 Å². The molecule has 2 amide bonds. The van der Waals surface area contributed by atoms with Gasteiger partial charge in [-0.25, -0.2) is 0 Å². The van der Waals surface area contributed by atoms with Gasteiger partial charge < -0.3 is 15.4 Å². The molecule has 0 unspecified atom stereocenters. The average molecular weight is 330 g/mol. The van der Waals surface area contributed by atoms with Gasteiger partial charge in [0.05, 0.1) is 12.8 Å². The van der Waals surface area contributed by atoms with Gasteiger partial charge in [-0.3, -0.25) is 9.59 Å². The Kier molecular flexibility index (Phi) is 5.54. The van der Waals surface area contributed by atoms with E-state index in [1.165, 1.54) is 20.1 Å². The molecular weight excluding hydrogens is 312 g/mol. The Bertz CT molecular complexity index is 750. The molecule has 2 N–H and O–H groups in total. The normalized spacial score (nSPS) is 10.6. The summed E-state index contributed by atoms with van der Waals surface area (Å²) < 4.78 is 5.23. The van der Waals surface area contributed by atoms with Crippen molar-refractivity contribution in [1.82, 2.24) is 0 Å². The molecule has 0 radical (unpaired) electrons. The molecule has 1 heterocycles. The van der Waals surface area contributed by atoms with Crippen LogP contribution in [0.2, 0.25) is 0 Å². The van der Waals surface area contributed by atoms with Gasteiger partial charge in [0.1, 0.15) is 5.75 Å². The lowest BCUT2D eigenvalue weighted by atomic mass is 10.2. The number of ether oxygens (including phenoxy) is 1. The van der Waals surface area contributed by atoms with E-state index in [-0.39, 0.29) is 11.8 Å². The molecular formula is C17H18N2O3S. The number of anilines is 2. The molecule has 0 atom stereocenters. The maximum absolute atomic E-state index is 12.1. The van der Waals surface area contributed by atoms with Gasteiger partial charge in [0.2, 0.25) is 11.8 Å². The van der Waals surface area contributed by atoms with Crippen molar-refractivity contribution in [3.05, 3.63) is 46.2 Å². The summed E-state index contributed by atoms with van der Waals surface area (Å²) in [5.74, 6) is 0.0738. The molecule has 0 aliphatic heterocycles. The van der Waals surface area contributed by atoms with Crippen molar-refractivity contribution in [3.63, 3.8) is 0 Å². The van der Waals surface area contributed by atoms with Crippen molar-refractivity contribution in [1.29, 1.82) is 0 Å². The van der Waals surface area contributed by atoms with E-state index < -0.39 is 0 Å². The number of aryl methyl sites for hydroxylation is 1. The van der Waals surface area contributed by atoms with Crippen LogP contribution >= 0.6 is 11.3 Å². The van der Waals surface area contributed by atoms with Gasteiger partial charge in [-0.1, -0.05) is 0 Å². The molecule has 2 rings (SSSR count). The molecule has 0 spiro atoms. The van der Waals surface area contributed by atoms with E-state index in [0.717, 1.165) is 10.4 Å². The van der Waals surface area contributed by atoms with E-state index in [4.69, 9.17) is 4.74 Å². The van der Waals surface area contributed by atoms with Crippen molar-refractivity contribution in [2.45, 2.75) is 13.8 Å². The fourth-order valence-electron chi connectivity index (χ4n) is 1.97. The van der Waals surface area contributed by atoms with Crippen LogP contribution in [0.3, 0.4) is 0 Å². The van der Waals surface area contributed by atoms with Gasteiger partial charge in [0.15, 0.2) is 0 Å². The molecule has 1 aromatic heterocycles. The number of methoxy groups -OCH3 is 1. The second-order valence-electron chi connectivity index (χ2n) is 4.89. The van der Waals surface area contributed by atoms with Gasteiger partial charge in [0, 0.05) is 23.6 Å². The third-order valence-corrected chi connectivity index (χ3v) is 4.05. The van der Waals surface area contributed by atoms with E-state index in [2.05, 4.69) is 10.6 Å². The van der Waals surface area contributed by atoms with Crippen LogP contribution < -0.4 is 15.4 Å². The number of hydrogen-bond acceptors (Lipinski definition) is 4. The van der Waals surface area contributed by atoms with E-state index >= 15 is 0 Å². The minimum atomic E-state index is -0.268. The Balaban J connectivity index is 2.14. The highest BCUT2D eigenvalue weighted by Crippen LogP contribution is 2.28. The van der Waals surface area contributed by atoms with Crippen molar-refractivity contribution in [2.24, 2.45) is 0 Å². The monoisotopic (exact) mass is 330 g/mol. The number of nitrogens with one attached hydrogen (secondary N) is 2. The van der Waals surface area contributed by atoms with Crippen LogP contribution in [-0.4, -0.2) is 18.9 Å². The number of carbonyl (C=O) groups excluding carboxylic acids is 2. The predicted molar refractivity (Wildman–Crippen MR) is 94.0 cm³/mol. The molecule has 0 fully saturated rings. The molecule has 2 aromatic rings. The number of amides is 2. The molecule has 120 valence electrons. The molecule has 0 bridgehead atoms. The first kappa shape index (κ1) is 16.8. The largest absolute Gasteiger partial charge is 0.495 e. The standard InChI is InChI=1S/C17H18N2O3S/c1-11-8-9-23-16(11)6-7-17(21)19-14-10-13(18-12(2)20)4-5-15(14)22-3/h4-10H,1-3H3,(H,18,20)(H,19,21)/b7-6+. The van der Waals surface area contributed by atoms with Crippen molar-refractivity contribution < 1.29 is 14.3 Å². The summed E-state index contributed by atoms with van der Waals surface area (Å²) in [6.07, 6.45) is 3.25. The van der Waals surface area contributed by atoms with Crippen LogP contribution in [0, 0.1) is 6.92 Å². The number of carbonyl (C=O) groups is 2. The lowest BCUT2D eigenvalue weighted by molar-refractivity contribution is -0.114. The highest BCUT2D eigenvalue weighted by atomic mass is 32.1. The quantitative estimate of drug-likeness (QED) is 0.822. The Hall–Kier alpha value is -2.60. The summed E-state index contributed by atoms with van der Waals surface area (Å²) in [5.41, 5.74) is 2.22. The molecule has 0 saturated heterocycles. The lowest BCUT2D eigenvalue weighted by Gasteiger charge is -2.11. The number of benzene rings is 1. The first-order valence-electron chi connectivity index (χ1n) is 6.98. The molecule has 5 nitrogen and oxygen atoms in total. The smallest absolute Gasteiger partial charge is 0.248 e. The van der Waals surface area contributed by atoms with Gasteiger partial charge in [-0.05, 0) is 48.2 Å². The van der Waals surface area contributed by atoms with E-state index in [0.29, 0.717) is 17.1 Å². The van der Waals surface area contributed by atoms with Gasteiger partial charge >= 0.3 is 0 Å². The van der Waals surface area contributed by atoms with Crippen LogP contribution in [0.25, 0.3) is 6.08 Å². The number of hydrogen-bond donors (Lipinski definition) is 2. The molecule has 6 heteroatoms. The fourth-order valence-corrected chi connectivity index (χ4v) is 2.79. The topological polar surface area (TPSA) is 67.4 Å². The van der Waals surface area contributed by atoms with Crippen molar-refractivity contribution in [2.75, 3.05) is 17.7 Å². The Morgan fingerprint density at radius 3 is 2.61 bits per heavy atom. The first-order chi connectivity index (χ1) is 11.0. The van der Waals surface area contributed by atoms with Crippen LogP contribution in [-0.2, 0) is 9.59 Å². The van der Waals surface area contributed by atoms with Crippen molar-refractivity contribution in [3.8, 4) is 5.75 Å². The average Bonchev–Trinajstić information content (AvgIpc) is 2.90. The molecule has 23 heavy (non-hydrogen) atoms. The van der Waals surface area contributed by atoms with Gasteiger partial charge in [-0.15, -0.1) is 11.3 Å². The zero-order valence-electron chi connectivity index (χ0n) is 13.2. The molecule has 0 saturated carbocycles. The maximum Gasteiger partial charge on any atom is 0.248 e. The third-order valence-electron chi connectivity index (χ3n) is 3.07. The van der Waals surface area contributed by atoms with Crippen LogP contribution in [0.1, 0.15) is 17.4 Å². The van der Waals surface area contributed by atoms with E-state index in [1.54, 1.807) is 35.6 Å². The summed E-state index contributed by atoms with van der Waals surface area (Å²) in [7, 11) is 1.52. The number of rotatable bonds is 5. The molecule has 1 aromatic carbocycles. The third kappa shape index (κ3) is 4.69. The fraction of sp³-hybridized carbons (Fsp3) is 0.176. The van der Waals surface area contributed by atoms with Gasteiger partial charge in [-0.2, -0.15) is 0 Å². The Labute approximate surface area is 139 Å². The summed E-state index contributed by atoms with van der Waals surface area (Å²) in [6.45, 7) is 3.42. The van der Waals surface area contributed by atoms with Crippen LogP contribution in [0.5, 0.6) is 5.75 Å². The second-order valence-corrected chi connectivity index (χ2v) is 5.83. The summed E-state index contributed by atoms with van der Waals surface area (Å²) >= 11 is 1.58. The predicted octanol–water partition coefficient (Wildman–Crippen LogP) is 3.68. The minimum Gasteiger partial charge on any atom is -0.495 e. The second kappa shape index (κ2) is 7.60. The molecule has 0 aliphatic carbocycles. The SMILES string of the molecule is COc1ccc(NC(C)=O)cc1NC(=O)/C=C/c1sccc1C. The Morgan fingerprint density at radius 2 is 2.00 bits per heavy atom. The molecule has 0 aliphatic rings. The Morgan fingerprint density at radius 1 is 1.22 bits per heavy atom. The minimum absolute atomic E-state index is 0.180. The zero-order valence-corrected chi connectivity index (χ0v) is 14.0. The lowest BCUT2D eigenvalue weighted by Crippen LogP contribution is -2.10.